The third kappa shape index (κ3) is 4.62. The van der Waals surface area contributed by atoms with Gasteiger partial charge in [-0.2, -0.15) is 0 Å². The van der Waals surface area contributed by atoms with Gasteiger partial charge in [-0.05, 0) is 31.5 Å². The Bertz CT molecular complexity index is 598. The Balaban J connectivity index is 1.91. The zero-order valence-electron chi connectivity index (χ0n) is 13.7. The third-order valence-electron chi connectivity index (χ3n) is 3.86. The molecular formula is C19H26O3. The number of fused-ring (bicyclic) bond motifs is 1. The lowest BCUT2D eigenvalue weighted by Gasteiger charge is -2.00. The fourth-order valence-corrected chi connectivity index (χ4v) is 2.63. The predicted octanol–water partition coefficient (Wildman–Crippen LogP) is 5.51. The number of unbranched alkanes of at least 4 members (excludes halogenated alkanes) is 5. The molecule has 22 heavy (non-hydrogen) atoms. The summed E-state index contributed by atoms with van der Waals surface area (Å²) in [5, 5.41) is 1.05. The average molecular weight is 302 g/mol. The zero-order chi connectivity index (χ0) is 15.8. The number of esters is 1. The summed E-state index contributed by atoms with van der Waals surface area (Å²) < 4.78 is 10.9. The van der Waals surface area contributed by atoms with Gasteiger partial charge in [0, 0.05) is 11.8 Å². The van der Waals surface area contributed by atoms with Crippen LogP contribution in [0.25, 0.3) is 11.0 Å². The minimum absolute atomic E-state index is 0.293. The van der Waals surface area contributed by atoms with Gasteiger partial charge in [-0.3, -0.25) is 0 Å². The van der Waals surface area contributed by atoms with E-state index in [0.717, 1.165) is 29.6 Å². The highest BCUT2D eigenvalue weighted by Crippen LogP contribution is 2.22. The van der Waals surface area contributed by atoms with Crippen molar-refractivity contribution in [1.82, 2.24) is 0 Å². The first-order valence-corrected chi connectivity index (χ1v) is 8.44. The fourth-order valence-electron chi connectivity index (χ4n) is 2.63. The van der Waals surface area contributed by atoms with Gasteiger partial charge >= 0.3 is 5.97 Å². The van der Waals surface area contributed by atoms with Crippen molar-refractivity contribution in [2.45, 2.75) is 58.8 Å². The number of hydrogen-bond donors (Lipinski definition) is 0. The zero-order valence-corrected chi connectivity index (χ0v) is 13.7. The van der Waals surface area contributed by atoms with E-state index in [1.807, 2.05) is 13.0 Å². The largest absolute Gasteiger partial charge is 0.462 e. The summed E-state index contributed by atoms with van der Waals surface area (Å²) >= 11 is 0. The first-order valence-electron chi connectivity index (χ1n) is 8.44. The Hall–Kier alpha value is -1.77. The van der Waals surface area contributed by atoms with E-state index in [-0.39, 0.29) is 5.97 Å². The minimum Gasteiger partial charge on any atom is -0.462 e. The van der Waals surface area contributed by atoms with Gasteiger partial charge in [0.05, 0.1) is 12.2 Å². The van der Waals surface area contributed by atoms with Crippen LogP contribution in [0.15, 0.2) is 28.7 Å². The molecule has 0 saturated heterocycles. The maximum Gasteiger partial charge on any atom is 0.338 e. The number of rotatable bonds is 9. The monoisotopic (exact) mass is 302 g/mol. The summed E-state index contributed by atoms with van der Waals surface area (Å²) in [6.07, 6.45) is 8.64. The molecule has 0 N–H and O–H groups in total. The van der Waals surface area contributed by atoms with Crippen LogP contribution in [-0.2, 0) is 11.2 Å². The van der Waals surface area contributed by atoms with E-state index in [1.165, 1.54) is 32.1 Å². The molecule has 0 fully saturated rings. The summed E-state index contributed by atoms with van der Waals surface area (Å²) in [5.74, 6) is 0.713. The van der Waals surface area contributed by atoms with Gasteiger partial charge in [-0.1, -0.05) is 45.1 Å². The van der Waals surface area contributed by atoms with Crippen molar-refractivity contribution in [2.75, 3.05) is 6.61 Å². The van der Waals surface area contributed by atoms with Gasteiger partial charge in [0.2, 0.25) is 0 Å². The maximum absolute atomic E-state index is 11.7. The van der Waals surface area contributed by atoms with Gasteiger partial charge in [0.25, 0.3) is 0 Å². The van der Waals surface area contributed by atoms with Crippen molar-refractivity contribution >= 4 is 16.9 Å². The summed E-state index contributed by atoms with van der Waals surface area (Å²) in [4.78, 5) is 11.7. The number of aryl methyl sites for hydroxylation is 1. The third-order valence-corrected chi connectivity index (χ3v) is 3.86. The molecule has 0 saturated carbocycles. The number of furan rings is 1. The van der Waals surface area contributed by atoms with Gasteiger partial charge in [-0.15, -0.1) is 0 Å². The first-order chi connectivity index (χ1) is 10.7. The molecule has 0 amide bonds. The van der Waals surface area contributed by atoms with E-state index in [0.29, 0.717) is 12.2 Å². The topological polar surface area (TPSA) is 39.4 Å². The molecule has 2 rings (SSSR count). The van der Waals surface area contributed by atoms with Gasteiger partial charge in [-0.25, -0.2) is 4.79 Å². The van der Waals surface area contributed by atoms with Gasteiger partial charge < -0.3 is 9.15 Å². The molecule has 0 radical (unpaired) electrons. The second-order valence-electron chi connectivity index (χ2n) is 5.70. The van der Waals surface area contributed by atoms with Crippen molar-refractivity contribution in [3.05, 3.63) is 35.6 Å². The maximum atomic E-state index is 11.7. The lowest BCUT2D eigenvalue weighted by Crippen LogP contribution is -2.03. The van der Waals surface area contributed by atoms with Gasteiger partial charge in [0.15, 0.2) is 0 Å². The highest BCUT2D eigenvalue weighted by molar-refractivity contribution is 5.94. The van der Waals surface area contributed by atoms with Crippen molar-refractivity contribution < 1.29 is 13.9 Å². The molecular weight excluding hydrogens is 276 g/mol. The van der Waals surface area contributed by atoms with Crippen molar-refractivity contribution in [2.24, 2.45) is 0 Å². The number of carbonyl (C=O) groups excluding carboxylic acids is 1. The molecule has 3 heteroatoms. The fraction of sp³-hybridized carbons (Fsp3) is 0.526. The average Bonchev–Trinajstić information content (AvgIpc) is 2.92. The van der Waals surface area contributed by atoms with E-state index >= 15 is 0 Å². The highest BCUT2D eigenvalue weighted by Gasteiger charge is 2.10. The van der Waals surface area contributed by atoms with Crippen LogP contribution in [-0.4, -0.2) is 12.6 Å². The Morgan fingerprint density at radius 1 is 1.05 bits per heavy atom. The van der Waals surface area contributed by atoms with E-state index in [9.17, 15) is 4.79 Å². The normalized spacial score (nSPS) is 11.0. The van der Waals surface area contributed by atoms with E-state index in [4.69, 9.17) is 9.15 Å². The lowest BCUT2D eigenvalue weighted by atomic mass is 10.1. The highest BCUT2D eigenvalue weighted by atomic mass is 16.5. The minimum atomic E-state index is -0.293. The van der Waals surface area contributed by atoms with Crippen LogP contribution in [0.3, 0.4) is 0 Å². The Labute approximate surface area is 132 Å². The van der Waals surface area contributed by atoms with Crippen molar-refractivity contribution in [3.63, 3.8) is 0 Å². The van der Waals surface area contributed by atoms with Crippen molar-refractivity contribution in [1.29, 1.82) is 0 Å². The molecule has 1 aromatic carbocycles. The van der Waals surface area contributed by atoms with Crippen LogP contribution in [0.4, 0.5) is 0 Å². The number of carbonyl (C=O) groups is 1. The van der Waals surface area contributed by atoms with Crippen LogP contribution in [0.5, 0.6) is 0 Å². The summed E-state index contributed by atoms with van der Waals surface area (Å²) in [6, 6.07) is 7.58. The molecule has 1 heterocycles. The molecule has 2 aromatic rings. The second kappa shape index (κ2) is 8.62. The number of hydrogen-bond acceptors (Lipinski definition) is 3. The Morgan fingerprint density at radius 3 is 2.59 bits per heavy atom. The molecule has 0 atom stereocenters. The molecule has 0 bridgehead atoms. The molecule has 0 spiro atoms. The standard InChI is InChI=1S/C19H26O3/c1-3-5-6-7-8-9-10-17-13-15-11-12-16(14-18(15)22-17)19(20)21-4-2/h11-14H,3-10H2,1-2H3. The molecule has 120 valence electrons. The van der Waals surface area contributed by atoms with E-state index < -0.39 is 0 Å². The van der Waals surface area contributed by atoms with Crippen LogP contribution >= 0.6 is 0 Å². The van der Waals surface area contributed by atoms with Gasteiger partial charge in [0.1, 0.15) is 11.3 Å². The van der Waals surface area contributed by atoms with Crippen LogP contribution in [0.1, 0.15) is 68.5 Å². The summed E-state index contributed by atoms with van der Waals surface area (Å²) in [6.45, 7) is 4.43. The van der Waals surface area contributed by atoms with E-state index in [1.54, 1.807) is 12.1 Å². The quantitative estimate of drug-likeness (QED) is 0.452. The molecule has 0 aliphatic heterocycles. The Kier molecular flexibility index (Phi) is 6.50. The molecule has 1 aromatic heterocycles. The van der Waals surface area contributed by atoms with Crippen LogP contribution in [0, 0.1) is 0 Å². The first kappa shape index (κ1) is 16.6. The predicted molar refractivity (Wildman–Crippen MR) is 89.3 cm³/mol. The molecule has 0 aliphatic carbocycles. The SMILES string of the molecule is CCCCCCCCc1cc2ccc(C(=O)OCC)cc2o1. The summed E-state index contributed by atoms with van der Waals surface area (Å²) in [5.41, 5.74) is 1.32. The second-order valence-corrected chi connectivity index (χ2v) is 5.70. The lowest BCUT2D eigenvalue weighted by molar-refractivity contribution is 0.0526. The summed E-state index contributed by atoms with van der Waals surface area (Å²) in [7, 11) is 0. The molecule has 3 nitrogen and oxygen atoms in total. The van der Waals surface area contributed by atoms with Crippen LogP contribution in [0.2, 0.25) is 0 Å². The molecule has 0 unspecified atom stereocenters. The molecule has 0 aliphatic rings. The van der Waals surface area contributed by atoms with Crippen LogP contribution < -0.4 is 0 Å². The van der Waals surface area contributed by atoms with E-state index in [2.05, 4.69) is 13.0 Å². The smallest absolute Gasteiger partial charge is 0.338 e. The number of ether oxygens (including phenoxy) is 1. The Morgan fingerprint density at radius 2 is 1.82 bits per heavy atom. The van der Waals surface area contributed by atoms with Crippen molar-refractivity contribution in [3.8, 4) is 0 Å². The number of benzene rings is 1.